The minimum absolute atomic E-state index is 0.125. The molecule has 0 aliphatic carbocycles. The van der Waals surface area contributed by atoms with Crippen LogP contribution in [0.1, 0.15) is 33.1 Å². The summed E-state index contributed by atoms with van der Waals surface area (Å²) in [7, 11) is 0. The fraction of sp³-hybridized carbons (Fsp3) is 0.471. The van der Waals surface area contributed by atoms with E-state index in [1.807, 2.05) is 0 Å². The number of anilines is 2. The lowest BCUT2D eigenvalue weighted by molar-refractivity contribution is -0.149. The SMILES string of the molecule is CC(C)(CC(=O)Nc1ccc(NC(=O)C2CCCO2)cc1)C(=O)O. The number of carbonyl (C=O) groups excluding carboxylic acids is 2. The fourth-order valence-electron chi connectivity index (χ4n) is 2.33. The van der Waals surface area contributed by atoms with Crippen LogP contribution in [0.3, 0.4) is 0 Å². The summed E-state index contributed by atoms with van der Waals surface area (Å²) in [6.07, 6.45) is 1.08. The van der Waals surface area contributed by atoms with Crippen molar-refractivity contribution < 1.29 is 24.2 Å². The van der Waals surface area contributed by atoms with Crippen LogP contribution < -0.4 is 10.6 Å². The number of carboxylic acid groups (broad SMARTS) is 1. The monoisotopic (exact) mass is 334 g/mol. The highest BCUT2D eigenvalue weighted by atomic mass is 16.5. The Morgan fingerprint density at radius 2 is 1.75 bits per heavy atom. The normalized spacial score (nSPS) is 17.3. The highest BCUT2D eigenvalue weighted by Gasteiger charge is 2.30. The van der Waals surface area contributed by atoms with E-state index < -0.39 is 17.5 Å². The number of amides is 2. The molecule has 1 unspecified atom stereocenters. The summed E-state index contributed by atoms with van der Waals surface area (Å²) in [5, 5.41) is 14.4. The van der Waals surface area contributed by atoms with Gasteiger partial charge in [-0.05, 0) is 51.0 Å². The van der Waals surface area contributed by atoms with Crippen LogP contribution >= 0.6 is 0 Å². The van der Waals surface area contributed by atoms with Crippen molar-refractivity contribution in [2.24, 2.45) is 5.41 Å². The third kappa shape index (κ3) is 4.79. The summed E-state index contributed by atoms with van der Waals surface area (Å²) in [5.41, 5.74) is 0.0231. The van der Waals surface area contributed by atoms with Gasteiger partial charge in [-0.1, -0.05) is 0 Å². The van der Waals surface area contributed by atoms with Crippen LogP contribution in [0.5, 0.6) is 0 Å². The highest BCUT2D eigenvalue weighted by Crippen LogP contribution is 2.22. The molecule has 0 aromatic heterocycles. The van der Waals surface area contributed by atoms with Gasteiger partial charge >= 0.3 is 5.97 Å². The number of hydrogen-bond donors (Lipinski definition) is 3. The number of aliphatic carboxylic acids is 1. The topological polar surface area (TPSA) is 105 Å². The largest absolute Gasteiger partial charge is 0.481 e. The molecule has 0 bridgehead atoms. The number of hydrogen-bond acceptors (Lipinski definition) is 4. The lowest BCUT2D eigenvalue weighted by atomic mass is 9.89. The second-order valence-corrected chi connectivity index (χ2v) is 6.48. The molecule has 0 spiro atoms. The van der Waals surface area contributed by atoms with Gasteiger partial charge in [0.25, 0.3) is 5.91 Å². The molecule has 1 atom stereocenters. The Labute approximate surface area is 140 Å². The summed E-state index contributed by atoms with van der Waals surface area (Å²) >= 11 is 0. The van der Waals surface area contributed by atoms with Gasteiger partial charge in [0.1, 0.15) is 6.10 Å². The van der Waals surface area contributed by atoms with Gasteiger partial charge < -0.3 is 20.5 Å². The van der Waals surface area contributed by atoms with Gasteiger partial charge in [-0.2, -0.15) is 0 Å². The van der Waals surface area contributed by atoms with Gasteiger partial charge in [-0.3, -0.25) is 14.4 Å². The van der Waals surface area contributed by atoms with Crippen molar-refractivity contribution in [3.8, 4) is 0 Å². The van der Waals surface area contributed by atoms with Crippen molar-refractivity contribution >= 4 is 29.2 Å². The lowest BCUT2D eigenvalue weighted by Crippen LogP contribution is -2.29. The summed E-state index contributed by atoms with van der Waals surface area (Å²) in [6, 6.07) is 6.64. The first kappa shape index (κ1) is 17.9. The summed E-state index contributed by atoms with van der Waals surface area (Å²) in [5.74, 6) is -1.57. The molecule has 7 nitrogen and oxygen atoms in total. The molecule has 1 fully saturated rings. The molecule has 1 saturated heterocycles. The van der Waals surface area contributed by atoms with Gasteiger partial charge in [0, 0.05) is 24.4 Å². The van der Waals surface area contributed by atoms with Crippen LogP contribution in [-0.2, 0) is 19.1 Å². The van der Waals surface area contributed by atoms with E-state index in [-0.39, 0.29) is 18.2 Å². The minimum Gasteiger partial charge on any atom is -0.481 e. The minimum atomic E-state index is -1.13. The van der Waals surface area contributed by atoms with E-state index in [0.29, 0.717) is 18.0 Å². The third-order valence-corrected chi connectivity index (χ3v) is 3.84. The molecule has 1 aliphatic heterocycles. The fourth-order valence-corrected chi connectivity index (χ4v) is 2.33. The number of ether oxygens (including phenoxy) is 1. The third-order valence-electron chi connectivity index (χ3n) is 3.84. The zero-order valence-electron chi connectivity index (χ0n) is 13.8. The number of benzene rings is 1. The maximum atomic E-state index is 11.9. The van der Waals surface area contributed by atoms with E-state index in [0.717, 1.165) is 12.8 Å². The second kappa shape index (κ2) is 7.44. The molecule has 2 amide bonds. The van der Waals surface area contributed by atoms with Crippen LogP contribution in [0.15, 0.2) is 24.3 Å². The van der Waals surface area contributed by atoms with Gasteiger partial charge in [0.05, 0.1) is 5.41 Å². The van der Waals surface area contributed by atoms with E-state index in [4.69, 9.17) is 9.84 Å². The smallest absolute Gasteiger partial charge is 0.309 e. The van der Waals surface area contributed by atoms with Gasteiger partial charge in [-0.25, -0.2) is 0 Å². The second-order valence-electron chi connectivity index (χ2n) is 6.48. The van der Waals surface area contributed by atoms with Crippen molar-refractivity contribution in [3.63, 3.8) is 0 Å². The van der Waals surface area contributed by atoms with E-state index >= 15 is 0 Å². The molecular weight excluding hydrogens is 312 g/mol. The Kier molecular flexibility index (Phi) is 5.56. The Bertz CT molecular complexity index is 618. The van der Waals surface area contributed by atoms with E-state index in [9.17, 15) is 14.4 Å². The first-order chi connectivity index (χ1) is 11.3. The van der Waals surface area contributed by atoms with E-state index in [2.05, 4.69) is 10.6 Å². The van der Waals surface area contributed by atoms with Crippen molar-refractivity contribution in [1.82, 2.24) is 0 Å². The molecule has 1 heterocycles. The number of carboxylic acids is 1. The van der Waals surface area contributed by atoms with Crippen LogP contribution in [0.2, 0.25) is 0 Å². The predicted molar refractivity (Wildman–Crippen MR) is 88.7 cm³/mol. The molecule has 2 rings (SSSR count). The van der Waals surface area contributed by atoms with Crippen molar-refractivity contribution in [2.45, 2.75) is 39.2 Å². The molecule has 24 heavy (non-hydrogen) atoms. The average molecular weight is 334 g/mol. The Morgan fingerprint density at radius 3 is 2.25 bits per heavy atom. The number of rotatable bonds is 6. The molecule has 0 saturated carbocycles. The Balaban J connectivity index is 1.88. The molecule has 130 valence electrons. The molecular formula is C17H22N2O5. The average Bonchev–Trinajstić information content (AvgIpc) is 3.03. The van der Waals surface area contributed by atoms with Crippen molar-refractivity contribution in [3.05, 3.63) is 24.3 Å². The van der Waals surface area contributed by atoms with E-state index in [1.54, 1.807) is 24.3 Å². The first-order valence-electron chi connectivity index (χ1n) is 7.84. The van der Waals surface area contributed by atoms with Gasteiger partial charge in [-0.15, -0.1) is 0 Å². The van der Waals surface area contributed by atoms with E-state index in [1.165, 1.54) is 13.8 Å². The van der Waals surface area contributed by atoms with Crippen LogP contribution in [0.4, 0.5) is 11.4 Å². The molecule has 7 heteroatoms. The summed E-state index contributed by atoms with van der Waals surface area (Å²) in [4.78, 5) is 34.9. The molecule has 3 N–H and O–H groups in total. The van der Waals surface area contributed by atoms with Crippen LogP contribution in [0, 0.1) is 5.41 Å². The molecule has 1 aliphatic rings. The maximum absolute atomic E-state index is 11.9. The summed E-state index contributed by atoms with van der Waals surface area (Å²) in [6.45, 7) is 3.60. The number of nitrogens with one attached hydrogen (secondary N) is 2. The first-order valence-corrected chi connectivity index (χ1v) is 7.84. The quantitative estimate of drug-likeness (QED) is 0.740. The maximum Gasteiger partial charge on any atom is 0.309 e. The number of carbonyl (C=O) groups is 3. The predicted octanol–water partition coefficient (Wildman–Crippen LogP) is 2.24. The molecule has 0 radical (unpaired) electrons. The highest BCUT2D eigenvalue weighted by molar-refractivity contribution is 5.96. The summed E-state index contributed by atoms with van der Waals surface area (Å²) < 4.78 is 5.31. The van der Waals surface area contributed by atoms with Crippen LogP contribution in [-0.4, -0.2) is 35.6 Å². The zero-order valence-corrected chi connectivity index (χ0v) is 13.8. The van der Waals surface area contributed by atoms with Crippen LogP contribution in [0.25, 0.3) is 0 Å². The Hall–Kier alpha value is -2.41. The standard InChI is InChI=1S/C17H22N2O5/c1-17(2,16(22)23)10-14(20)18-11-5-7-12(8-6-11)19-15(21)13-4-3-9-24-13/h5-8,13H,3-4,9-10H2,1-2H3,(H,18,20)(H,19,21)(H,22,23). The van der Waals surface area contributed by atoms with Crippen molar-refractivity contribution in [2.75, 3.05) is 17.2 Å². The van der Waals surface area contributed by atoms with Gasteiger partial charge in [0.15, 0.2) is 0 Å². The lowest BCUT2D eigenvalue weighted by Gasteiger charge is -2.18. The van der Waals surface area contributed by atoms with Crippen molar-refractivity contribution in [1.29, 1.82) is 0 Å². The Morgan fingerprint density at radius 1 is 1.17 bits per heavy atom. The molecule has 1 aromatic carbocycles. The molecule has 1 aromatic rings. The van der Waals surface area contributed by atoms with Gasteiger partial charge in [0.2, 0.25) is 5.91 Å². The zero-order chi connectivity index (χ0) is 17.7.